The Kier molecular flexibility index (Phi) is 4.55. The Balaban J connectivity index is 2.11. The number of nitrogens with zero attached hydrogens (tertiary/aromatic N) is 1. The number of rotatable bonds is 3. The second kappa shape index (κ2) is 6.65. The molecule has 2 aromatic rings. The quantitative estimate of drug-likeness (QED) is 0.651. The molecule has 0 saturated heterocycles. The topological polar surface area (TPSA) is 40.5 Å². The summed E-state index contributed by atoms with van der Waals surface area (Å²) in [4.78, 5) is 12.0. The lowest BCUT2D eigenvalue weighted by molar-refractivity contribution is -0.157. The number of hydrogen-bond donors (Lipinski definition) is 1. The van der Waals surface area contributed by atoms with Gasteiger partial charge in [-0.15, -0.1) is 0 Å². The van der Waals surface area contributed by atoms with Gasteiger partial charge in [-0.2, -0.15) is 0 Å². The van der Waals surface area contributed by atoms with Gasteiger partial charge in [-0.1, -0.05) is 35.9 Å². The minimum Gasteiger partial charge on any atom is -0.286 e. The monoisotopic (exact) mass is 337 g/mol. The van der Waals surface area contributed by atoms with Crippen molar-refractivity contribution < 1.29 is 14.4 Å². The fourth-order valence-corrected chi connectivity index (χ4v) is 3.08. The van der Waals surface area contributed by atoms with Gasteiger partial charge in [0.1, 0.15) is 5.82 Å². The molecule has 0 spiro atoms. The average molecular weight is 337 g/mol. The first kappa shape index (κ1) is 17.1. The van der Waals surface area contributed by atoms with E-state index in [0.717, 1.165) is 27.8 Å². The van der Waals surface area contributed by atoms with Gasteiger partial charge in [0.2, 0.25) is 5.91 Å². The Morgan fingerprint density at radius 2 is 1.80 bits per heavy atom. The van der Waals surface area contributed by atoms with Crippen molar-refractivity contribution in [1.82, 2.24) is 5.06 Å². The molecule has 0 aliphatic heterocycles. The number of hydroxylamine groups is 2. The Bertz CT molecular complexity index is 893. The maximum atomic E-state index is 13.8. The normalized spacial score (nSPS) is 14.8. The lowest BCUT2D eigenvalue weighted by Gasteiger charge is -2.10. The molecule has 0 atom stereocenters. The first-order chi connectivity index (χ1) is 11.9. The summed E-state index contributed by atoms with van der Waals surface area (Å²) < 4.78 is 13.8. The number of halogens is 1. The standard InChI is InChI=1S/C21H20FNO2/c1-13-4-6-15(7-5-13)10-18-14(2)19(12-21(24)23(3)25)20-11-16(22)8-9-17(18)20/h4-11,25H,12H2,1-3H3/b18-10-. The number of aryl methyl sites for hydroxylation is 1. The number of hydrogen-bond acceptors (Lipinski definition) is 2. The van der Waals surface area contributed by atoms with Gasteiger partial charge in [0.25, 0.3) is 0 Å². The van der Waals surface area contributed by atoms with Crippen molar-refractivity contribution in [3.05, 3.63) is 76.1 Å². The van der Waals surface area contributed by atoms with Crippen LogP contribution in [-0.4, -0.2) is 23.2 Å². The van der Waals surface area contributed by atoms with Crippen molar-refractivity contribution in [2.45, 2.75) is 20.3 Å². The first-order valence-electron chi connectivity index (χ1n) is 8.11. The van der Waals surface area contributed by atoms with Crippen LogP contribution in [0.4, 0.5) is 4.39 Å². The van der Waals surface area contributed by atoms with E-state index in [0.29, 0.717) is 10.6 Å². The highest BCUT2D eigenvalue weighted by Gasteiger charge is 2.26. The summed E-state index contributed by atoms with van der Waals surface area (Å²) in [6.45, 7) is 3.96. The molecular formula is C21H20FNO2. The van der Waals surface area contributed by atoms with Crippen LogP contribution in [0.25, 0.3) is 17.2 Å². The number of carbonyl (C=O) groups excluding carboxylic acids is 1. The molecule has 3 rings (SSSR count). The zero-order valence-corrected chi connectivity index (χ0v) is 14.5. The Morgan fingerprint density at radius 3 is 2.44 bits per heavy atom. The van der Waals surface area contributed by atoms with Gasteiger partial charge in [0.05, 0.1) is 6.42 Å². The predicted octanol–water partition coefficient (Wildman–Crippen LogP) is 4.70. The molecule has 1 amide bonds. The van der Waals surface area contributed by atoms with Gasteiger partial charge in [0.15, 0.2) is 0 Å². The van der Waals surface area contributed by atoms with Gasteiger partial charge in [0, 0.05) is 7.05 Å². The molecule has 0 saturated carbocycles. The number of amides is 1. The third kappa shape index (κ3) is 3.39. The van der Waals surface area contributed by atoms with Gasteiger partial charge in [-0.05, 0) is 65.5 Å². The molecule has 0 unspecified atom stereocenters. The maximum Gasteiger partial charge on any atom is 0.250 e. The summed E-state index contributed by atoms with van der Waals surface area (Å²) in [5, 5.41) is 9.94. The highest BCUT2D eigenvalue weighted by molar-refractivity contribution is 6.08. The highest BCUT2D eigenvalue weighted by Crippen LogP contribution is 2.43. The third-order valence-corrected chi connectivity index (χ3v) is 4.53. The van der Waals surface area contributed by atoms with E-state index in [1.807, 2.05) is 44.2 Å². The molecule has 0 fully saturated rings. The zero-order chi connectivity index (χ0) is 18.1. The second-order valence-electron chi connectivity index (χ2n) is 6.36. The van der Waals surface area contributed by atoms with Crippen LogP contribution in [0.3, 0.4) is 0 Å². The molecule has 0 bridgehead atoms. The molecule has 4 heteroatoms. The van der Waals surface area contributed by atoms with E-state index in [1.54, 1.807) is 6.07 Å². The molecule has 1 aliphatic rings. The number of fused-ring (bicyclic) bond motifs is 1. The minimum atomic E-state index is -0.429. The van der Waals surface area contributed by atoms with Crippen LogP contribution in [0, 0.1) is 12.7 Å². The van der Waals surface area contributed by atoms with E-state index in [-0.39, 0.29) is 12.2 Å². The van der Waals surface area contributed by atoms with E-state index >= 15 is 0 Å². The Hall–Kier alpha value is -2.72. The van der Waals surface area contributed by atoms with E-state index in [9.17, 15) is 14.4 Å². The van der Waals surface area contributed by atoms with E-state index in [4.69, 9.17) is 0 Å². The fourth-order valence-electron chi connectivity index (χ4n) is 3.08. The largest absolute Gasteiger partial charge is 0.286 e. The molecular weight excluding hydrogens is 317 g/mol. The van der Waals surface area contributed by atoms with Crippen LogP contribution in [0.15, 0.2) is 48.0 Å². The predicted molar refractivity (Wildman–Crippen MR) is 97.2 cm³/mol. The molecule has 25 heavy (non-hydrogen) atoms. The first-order valence-corrected chi connectivity index (χ1v) is 8.11. The van der Waals surface area contributed by atoms with Crippen LogP contribution < -0.4 is 0 Å². The maximum absolute atomic E-state index is 13.8. The molecule has 0 radical (unpaired) electrons. The minimum absolute atomic E-state index is 0.0283. The van der Waals surface area contributed by atoms with Crippen LogP contribution >= 0.6 is 0 Å². The third-order valence-electron chi connectivity index (χ3n) is 4.53. The van der Waals surface area contributed by atoms with Gasteiger partial charge in [-0.3, -0.25) is 10.0 Å². The fraction of sp³-hybridized carbons (Fsp3) is 0.190. The molecule has 1 aliphatic carbocycles. The van der Waals surface area contributed by atoms with Crippen molar-refractivity contribution in [3.63, 3.8) is 0 Å². The summed E-state index contributed by atoms with van der Waals surface area (Å²) in [7, 11) is 1.29. The van der Waals surface area contributed by atoms with Crippen LogP contribution in [0.2, 0.25) is 0 Å². The van der Waals surface area contributed by atoms with E-state index < -0.39 is 5.91 Å². The summed E-state index contributed by atoms with van der Waals surface area (Å²) in [6, 6.07) is 12.8. The molecule has 1 N–H and O–H groups in total. The van der Waals surface area contributed by atoms with Crippen molar-refractivity contribution in [2.24, 2.45) is 0 Å². The van der Waals surface area contributed by atoms with Gasteiger partial charge in [-0.25, -0.2) is 9.45 Å². The molecule has 128 valence electrons. The zero-order valence-electron chi connectivity index (χ0n) is 14.5. The van der Waals surface area contributed by atoms with Crippen LogP contribution in [0.5, 0.6) is 0 Å². The summed E-state index contributed by atoms with van der Waals surface area (Å²) in [5.41, 5.74) is 6.49. The number of allylic oxidation sites excluding steroid dienone is 2. The summed E-state index contributed by atoms with van der Waals surface area (Å²) in [5.74, 6) is -0.772. The number of benzene rings is 2. The van der Waals surface area contributed by atoms with Crippen molar-refractivity contribution in [2.75, 3.05) is 7.05 Å². The van der Waals surface area contributed by atoms with Gasteiger partial charge >= 0.3 is 0 Å². The Morgan fingerprint density at radius 1 is 1.12 bits per heavy atom. The van der Waals surface area contributed by atoms with Crippen LogP contribution in [0.1, 0.15) is 35.6 Å². The molecule has 2 aromatic carbocycles. The average Bonchev–Trinajstić information content (AvgIpc) is 2.82. The summed E-state index contributed by atoms with van der Waals surface area (Å²) in [6.07, 6.45) is 2.08. The van der Waals surface area contributed by atoms with E-state index in [1.165, 1.54) is 24.7 Å². The number of carbonyl (C=O) groups is 1. The lowest BCUT2D eigenvalue weighted by Crippen LogP contribution is -2.22. The van der Waals surface area contributed by atoms with Crippen molar-refractivity contribution in [3.8, 4) is 0 Å². The molecule has 3 nitrogen and oxygen atoms in total. The second-order valence-corrected chi connectivity index (χ2v) is 6.36. The van der Waals surface area contributed by atoms with Crippen molar-refractivity contribution >= 4 is 23.1 Å². The smallest absolute Gasteiger partial charge is 0.250 e. The van der Waals surface area contributed by atoms with Crippen LogP contribution in [-0.2, 0) is 4.79 Å². The van der Waals surface area contributed by atoms with Gasteiger partial charge < -0.3 is 0 Å². The molecule has 0 aromatic heterocycles. The summed E-state index contributed by atoms with van der Waals surface area (Å²) >= 11 is 0. The van der Waals surface area contributed by atoms with Crippen molar-refractivity contribution in [1.29, 1.82) is 0 Å². The van der Waals surface area contributed by atoms with E-state index in [2.05, 4.69) is 0 Å². The highest BCUT2D eigenvalue weighted by atomic mass is 19.1. The lowest BCUT2D eigenvalue weighted by atomic mass is 10.00. The Labute approximate surface area is 146 Å². The molecule has 0 heterocycles. The SMILES string of the molecule is CC1=C(CC(=O)N(C)O)c2cc(F)ccc2/C1=C\c1ccc(C)cc1.